The number of aromatic nitrogens is 5. The Morgan fingerprint density at radius 3 is 2.69 bits per heavy atom. The van der Waals surface area contributed by atoms with E-state index >= 15 is 0 Å². The van der Waals surface area contributed by atoms with E-state index in [1.54, 1.807) is 12.1 Å². The van der Waals surface area contributed by atoms with Crippen molar-refractivity contribution in [2.75, 3.05) is 19.7 Å². The Morgan fingerprint density at radius 1 is 1.07 bits per heavy atom. The first-order chi connectivity index (χ1) is 20.5. The van der Waals surface area contributed by atoms with E-state index in [0.717, 1.165) is 72.7 Å². The molecular weight excluding hydrogens is 532 g/mol. The molecule has 4 aromatic heterocycles. The van der Waals surface area contributed by atoms with Gasteiger partial charge in [0.25, 0.3) is 0 Å². The minimum Gasteiger partial charge on any atom is -0.478 e. The molecule has 6 heterocycles. The summed E-state index contributed by atoms with van der Waals surface area (Å²) in [6.45, 7) is 5.86. The zero-order valence-electron chi connectivity index (χ0n) is 23.6. The highest BCUT2D eigenvalue weighted by molar-refractivity contribution is 5.92. The average molecular weight is 567 g/mol. The highest BCUT2D eigenvalue weighted by atomic mass is 16.5. The number of piperidine rings is 1. The van der Waals surface area contributed by atoms with Crippen molar-refractivity contribution in [1.29, 1.82) is 0 Å². The molecule has 1 unspecified atom stereocenters. The second kappa shape index (κ2) is 11.2. The maximum atomic E-state index is 11.7. The van der Waals surface area contributed by atoms with Crippen molar-refractivity contribution in [3.63, 3.8) is 0 Å². The van der Waals surface area contributed by atoms with Crippen molar-refractivity contribution < 1.29 is 19.4 Å². The first-order valence-electron chi connectivity index (χ1n) is 14.6. The lowest BCUT2D eigenvalue weighted by Crippen LogP contribution is -2.37. The predicted octanol–water partition coefficient (Wildman–Crippen LogP) is 5.09. The van der Waals surface area contributed by atoms with Crippen molar-refractivity contribution >= 4 is 22.5 Å². The van der Waals surface area contributed by atoms with Crippen LogP contribution in [0.15, 0.2) is 66.9 Å². The van der Waals surface area contributed by atoms with E-state index < -0.39 is 5.97 Å². The molecule has 0 spiro atoms. The molecule has 7 rings (SSSR count). The Bertz CT molecular complexity index is 1700. The molecule has 0 amide bonds. The number of carboxylic acids is 1. The highest BCUT2D eigenvalue weighted by Gasteiger charge is 2.30. The number of fused-ring (bicyclic) bond motifs is 2. The second-order valence-electron chi connectivity index (χ2n) is 11.3. The van der Waals surface area contributed by atoms with Crippen LogP contribution in [-0.4, -0.2) is 65.9 Å². The largest absolute Gasteiger partial charge is 0.478 e. The fourth-order valence-corrected chi connectivity index (χ4v) is 6.11. The summed E-state index contributed by atoms with van der Waals surface area (Å²) < 4.78 is 15.8. The molecule has 10 heteroatoms. The Kier molecular flexibility index (Phi) is 7.09. The van der Waals surface area contributed by atoms with Crippen molar-refractivity contribution in [1.82, 2.24) is 29.0 Å². The molecule has 1 N–H and O–H groups in total. The van der Waals surface area contributed by atoms with Gasteiger partial charge in [0.2, 0.25) is 5.88 Å². The third kappa shape index (κ3) is 5.23. The molecule has 0 radical (unpaired) electrons. The number of nitrogens with zero attached hydrogens (tertiary/aromatic N) is 6. The number of imidazole rings is 1. The predicted molar refractivity (Wildman–Crippen MR) is 157 cm³/mol. The van der Waals surface area contributed by atoms with Crippen molar-refractivity contribution in [3.05, 3.63) is 89.6 Å². The lowest BCUT2D eigenvalue weighted by Gasteiger charge is -2.36. The topological polar surface area (TPSA) is 107 Å². The molecule has 2 saturated heterocycles. The van der Waals surface area contributed by atoms with Crippen LogP contribution in [0, 0.1) is 0 Å². The van der Waals surface area contributed by atoms with Crippen LogP contribution in [0.25, 0.3) is 16.6 Å². The fraction of sp³-hybridized carbons (Fsp3) is 0.375. The van der Waals surface area contributed by atoms with E-state index in [2.05, 4.69) is 27.6 Å². The Balaban J connectivity index is 1.03. The van der Waals surface area contributed by atoms with Crippen LogP contribution >= 0.6 is 0 Å². The van der Waals surface area contributed by atoms with Crippen LogP contribution in [0.3, 0.4) is 0 Å². The molecule has 0 saturated carbocycles. The number of benzene rings is 1. The van der Waals surface area contributed by atoms with Gasteiger partial charge in [0.15, 0.2) is 0 Å². The third-order valence-electron chi connectivity index (χ3n) is 8.61. The molecule has 42 heavy (non-hydrogen) atoms. The van der Waals surface area contributed by atoms with E-state index in [1.807, 2.05) is 53.2 Å². The monoisotopic (exact) mass is 566 g/mol. The summed E-state index contributed by atoms with van der Waals surface area (Å²) in [5, 5.41) is 14.1. The normalized spacial score (nSPS) is 18.7. The van der Waals surface area contributed by atoms with Gasteiger partial charge in [-0.25, -0.2) is 19.3 Å². The van der Waals surface area contributed by atoms with Gasteiger partial charge in [-0.2, -0.15) is 5.10 Å². The zero-order chi connectivity index (χ0) is 28.6. The van der Waals surface area contributed by atoms with Gasteiger partial charge in [-0.3, -0.25) is 4.90 Å². The van der Waals surface area contributed by atoms with E-state index in [-0.39, 0.29) is 17.7 Å². The summed E-state index contributed by atoms with van der Waals surface area (Å²) in [7, 11) is 0. The number of aromatic carboxylic acids is 1. The van der Waals surface area contributed by atoms with E-state index in [4.69, 9.17) is 19.4 Å². The van der Waals surface area contributed by atoms with Gasteiger partial charge in [-0.05, 0) is 81.7 Å². The van der Waals surface area contributed by atoms with Crippen LogP contribution < -0.4 is 4.74 Å². The molecular formula is C32H34N6O4. The van der Waals surface area contributed by atoms with Crippen LogP contribution in [0.5, 0.6) is 5.88 Å². The highest BCUT2D eigenvalue weighted by Crippen LogP contribution is 2.34. The minimum absolute atomic E-state index is 0.0831. The van der Waals surface area contributed by atoms with Gasteiger partial charge < -0.3 is 19.1 Å². The molecule has 216 valence electrons. The summed E-state index contributed by atoms with van der Waals surface area (Å²) in [6, 6.07) is 19.3. The van der Waals surface area contributed by atoms with Gasteiger partial charge in [0.1, 0.15) is 18.1 Å². The molecule has 0 aliphatic carbocycles. The van der Waals surface area contributed by atoms with Crippen LogP contribution in [0.1, 0.15) is 65.7 Å². The number of likely N-dealkylation sites (tertiary alicyclic amines) is 1. The van der Waals surface area contributed by atoms with Crippen molar-refractivity contribution in [2.45, 2.75) is 57.4 Å². The van der Waals surface area contributed by atoms with E-state index in [0.29, 0.717) is 24.9 Å². The number of hydrogen-bond donors (Lipinski definition) is 1. The number of ether oxygens (including phenoxy) is 2. The summed E-state index contributed by atoms with van der Waals surface area (Å²) in [6.07, 6.45) is 5.05. The first-order valence-corrected chi connectivity index (χ1v) is 14.6. The Labute approximate surface area is 243 Å². The minimum atomic E-state index is -0.931. The molecule has 10 nitrogen and oxygen atoms in total. The molecule has 2 fully saturated rings. The molecule has 5 aromatic rings. The molecule has 0 bridgehead atoms. The number of carboxylic acid groups (broad SMARTS) is 1. The smallest absolute Gasteiger partial charge is 0.335 e. The maximum absolute atomic E-state index is 11.7. The van der Waals surface area contributed by atoms with Crippen molar-refractivity contribution in [2.24, 2.45) is 0 Å². The third-order valence-corrected chi connectivity index (χ3v) is 8.61. The molecule has 2 aliphatic rings. The number of pyridine rings is 2. The molecule has 2 atom stereocenters. The van der Waals surface area contributed by atoms with Gasteiger partial charge >= 0.3 is 5.97 Å². The van der Waals surface area contributed by atoms with E-state index in [9.17, 15) is 9.90 Å². The maximum Gasteiger partial charge on any atom is 0.335 e. The van der Waals surface area contributed by atoms with Crippen LogP contribution in [0.4, 0.5) is 0 Å². The van der Waals surface area contributed by atoms with Gasteiger partial charge in [-0.15, -0.1) is 0 Å². The Hall–Kier alpha value is -4.28. The number of rotatable bonds is 9. The lowest BCUT2D eigenvalue weighted by atomic mass is 9.92. The standard InChI is InChI=1S/C32H34N6O4/c1-21(31-34-28-9-8-23(32(39)40)17-29(28)37(31)19-26-12-16-41-26)36-14-10-22(11-15-36)27-6-4-7-30(33-27)42-20-24-18-25-5-2-3-13-38(25)35-24/h2-9,13,17-18,21-22,26H,10-12,14-16,19-20H2,1H3,(H,39,40)/t21?,26-/m0/s1. The van der Waals surface area contributed by atoms with Crippen LogP contribution in [-0.2, 0) is 17.9 Å². The lowest BCUT2D eigenvalue weighted by molar-refractivity contribution is -0.0594. The van der Waals surface area contributed by atoms with Gasteiger partial charge in [0, 0.05) is 30.5 Å². The Morgan fingerprint density at radius 2 is 1.93 bits per heavy atom. The first kappa shape index (κ1) is 26.6. The van der Waals surface area contributed by atoms with Crippen molar-refractivity contribution in [3.8, 4) is 5.88 Å². The summed E-state index contributed by atoms with van der Waals surface area (Å²) in [4.78, 5) is 24.0. The number of hydrogen-bond acceptors (Lipinski definition) is 7. The average Bonchev–Trinajstić information content (AvgIpc) is 3.58. The molecule has 1 aromatic carbocycles. The number of carbonyl (C=O) groups is 1. The second-order valence-corrected chi connectivity index (χ2v) is 11.3. The quantitative estimate of drug-likeness (QED) is 0.263. The summed E-state index contributed by atoms with van der Waals surface area (Å²) >= 11 is 0. The fourth-order valence-electron chi connectivity index (χ4n) is 6.11. The SMILES string of the molecule is CC(c1nc2ccc(C(=O)O)cc2n1C[C@@H]1CCO1)N1CCC(c2cccc(OCc3cc4ccccn4n3)n2)CC1. The van der Waals surface area contributed by atoms with Gasteiger partial charge in [-0.1, -0.05) is 12.1 Å². The molecule has 2 aliphatic heterocycles. The zero-order valence-corrected chi connectivity index (χ0v) is 23.6. The van der Waals surface area contributed by atoms with Crippen LogP contribution in [0.2, 0.25) is 0 Å². The van der Waals surface area contributed by atoms with Gasteiger partial charge in [0.05, 0.1) is 40.8 Å². The summed E-state index contributed by atoms with van der Waals surface area (Å²) in [5.41, 5.74) is 4.91. The summed E-state index contributed by atoms with van der Waals surface area (Å²) in [5.74, 6) is 1.00. The van der Waals surface area contributed by atoms with E-state index in [1.165, 1.54) is 0 Å².